The molecule has 3 heteroatoms. The van der Waals surface area contributed by atoms with E-state index in [1.165, 1.54) is 0 Å². The molecule has 0 bridgehead atoms. The Morgan fingerprint density at radius 1 is 1.47 bits per heavy atom. The molecular weight excluding hydrogens is 188 g/mol. The molecule has 0 radical (unpaired) electrons. The quantitative estimate of drug-likeness (QED) is 0.441. The number of hydrogen-bond donors (Lipinski definition) is 2. The van der Waals surface area contributed by atoms with E-state index in [1.54, 1.807) is 7.11 Å². The minimum atomic E-state index is 0.119. The molecule has 1 aromatic carbocycles. The summed E-state index contributed by atoms with van der Waals surface area (Å²) in [5, 5.41) is 0. The van der Waals surface area contributed by atoms with Crippen molar-refractivity contribution >= 4 is 0 Å². The van der Waals surface area contributed by atoms with Crippen molar-refractivity contribution in [2.45, 2.75) is 19.4 Å². The highest BCUT2D eigenvalue weighted by molar-refractivity contribution is 5.29. The molecule has 1 unspecified atom stereocenters. The van der Waals surface area contributed by atoms with Gasteiger partial charge in [-0.1, -0.05) is 17.7 Å². The number of nitrogens with one attached hydrogen (secondary N) is 1. The Morgan fingerprint density at radius 2 is 2.07 bits per heavy atom. The molecule has 0 aliphatic rings. The first-order chi connectivity index (χ1) is 7.17. The third-order valence-electron chi connectivity index (χ3n) is 2.27. The average Bonchev–Trinajstić information content (AvgIpc) is 2.26. The third kappa shape index (κ3) is 3.38. The number of hydrogen-bond acceptors (Lipinski definition) is 3. The van der Waals surface area contributed by atoms with E-state index in [0.717, 1.165) is 23.3 Å². The van der Waals surface area contributed by atoms with Crippen LogP contribution in [0.2, 0.25) is 0 Å². The summed E-state index contributed by atoms with van der Waals surface area (Å²) in [5.74, 6) is 6.35. The number of methoxy groups -OCH3 is 1. The molecule has 0 amide bonds. The lowest BCUT2D eigenvalue weighted by molar-refractivity contribution is 0.414. The molecule has 15 heavy (non-hydrogen) atoms. The van der Waals surface area contributed by atoms with Gasteiger partial charge in [0.15, 0.2) is 0 Å². The van der Waals surface area contributed by atoms with Crippen LogP contribution in [0.1, 0.15) is 24.9 Å². The molecule has 0 saturated heterocycles. The van der Waals surface area contributed by atoms with E-state index in [0.29, 0.717) is 0 Å². The summed E-state index contributed by atoms with van der Waals surface area (Å²) < 4.78 is 5.09. The van der Waals surface area contributed by atoms with E-state index in [2.05, 4.69) is 12.0 Å². The van der Waals surface area contributed by atoms with Crippen LogP contribution in [0.5, 0.6) is 5.75 Å². The van der Waals surface area contributed by atoms with Crippen LogP contribution in [0, 0.1) is 0 Å². The molecule has 82 valence electrons. The van der Waals surface area contributed by atoms with Crippen LogP contribution in [0.25, 0.3) is 0 Å². The Kier molecular flexibility index (Phi) is 4.34. The third-order valence-corrected chi connectivity index (χ3v) is 2.27. The fourth-order valence-corrected chi connectivity index (χ4v) is 1.46. The summed E-state index contributed by atoms with van der Waals surface area (Å²) in [7, 11) is 1.65. The molecule has 3 nitrogen and oxygen atoms in total. The number of benzene rings is 1. The second-order valence-corrected chi connectivity index (χ2v) is 3.65. The summed E-state index contributed by atoms with van der Waals surface area (Å²) in [6.45, 7) is 5.88. The van der Waals surface area contributed by atoms with Crippen molar-refractivity contribution in [3.63, 3.8) is 0 Å². The smallest absolute Gasteiger partial charge is 0.118 e. The van der Waals surface area contributed by atoms with Gasteiger partial charge in [0.2, 0.25) is 0 Å². The van der Waals surface area contributed by atoms with E-state index in [1.807, 2.05) is 31.2 Å². The summed E-state index contributed by atoms with van der Waals surface area (Å²) >= 11 is 0. The fourth-order valence-electron chi connectivity index (χ4n) is 1.46. The molecular formula is C12H18N2O. The normalized spacial score (nSPS) is 12.2. The van der Waals surface area contributed by atoms with Gasteiger partial charge in [-0.25, -0.2) is 0 Å². The lowest BCUT2D eigenvalue weighted by atomic mass is 10.0. The van der Waals surface area contributed by atoms with E-state index in [9.17, 15) is 0 Å². The van der Waals surface area contributed by atoms with Crippen LogP contribution in [-0.4, -0.2) is 7.11 Å². The number of hydrazine groups is 1. The van der Waals surface area contributed by atoms with Crippen molar-refractivity contribution in [2.75, 3.05) is 7.11 Å². The molecule has 0 aliphatic carbocycles. The summed E-state index contributed by atoms with van der Waals surface area (Å²) in [5.41, 5.74) is 5.03. The fraction of sp³-hybridized carbons (Fsp3) is 0.333. The zero-order chi connectivity index (χ0) is 11.3. The lowest BCUT2D eigenvalue weighted by Gasteiger charge is -2.16. The summed E-state index contributed by atoms with van der Waals surface area (Å²) in [6, 6.07) is 7.99. The lowest BCUT2D eigenvalue weighted by Crippen LogP contribution is -2.28. The second-order valence-electron chi connectivity index (χ2n) is 3.65. The van der Waals surface area contributed by atoms with Gasteiger partial charge in [-0.3, -0.25) is 11.3 Å². The van der Waals surface area contributed by atoms with E-state index < -0.39 is 0 Å². The number of nitrogens with two attached hydrogens (primary N) is 1. The molecule has 0 aliphatic heterocycles. The van der Waals surface area contributed by atoms with Gasteiger partial charge in [0.05, 0.1) is 7.11 Å². The van der Waals surface area contributed by atoms with Crippen molar-refractivity contribution in [1.29, 1.82) is 0 Å². The average molecular weight is 206 g/mol. The second kappa shape index (κ2) is 5.53. The van der Waals surface area contributed by atoms with Crippen LogP contribution in [0.15, 0.2) is 36.4 Å². The first-order valence-electron chi connectivity index (χ1n) is 4.92. The van der Waals surface area contributed by atoms with Gasteiger partial charge in [0.25, 0.3) is 0 Å². The highest BCUT2D eigenvalue weighted by Gasteiger charge is 2.09. The largest absolute Gasteiger partial charge is 0.497 e. The van der Waals surface area contributed by atoms with Gasteiger partial charge in [0.1, 0.15) is 5.75 Å². The number of rotatable bonds is 5. The van der Waals surface area contributed by atoms with E-state index in [4.69, 9.17) is 10.6 Å². The van der Waals surface area contributed by atoms with Crippen molar-refractivity contribution < 1.29 is 4.74 Å². The Morgan fingerprint density at radius 3 is 2.47 bits per heavy atom. The topological polar surface area (TPSA) is 47.3 Å². The Hall–Kier alpha value is -1.32. The van der Waals surface area contributed by atoms with Gasteiger partial charge in [-0.15, -0.1) is 6.58 Å². The van der Waals surface area contributed by atoms with Gasteiger partial charge < -0.3 is 4.74 Å². The molecule has 0 heterocycles. The highest BCUT2D eigenvalue weighted by atomic mass is 16.5. The maximum absolute atomic E-state index is 5.50. The predicted molar refractivity (Wildman–Crippen MR) is 62.5 cm³/mol. The first-order valence-corrected chi connectivity index (χ1v) is 4.92. The molecule has 1 rings (SSSR count). The molecule has 0 aromatic heterocycles. The van der Waals surface area contributed by atoms with Gasteiger partial charge >= 0.3 is 0 Å². The van der Waals surface area contributed by atoms with Crippen molar-refractivity contribution in [3.8, 4) is 5.75 Å². The SMILES string of the molecule is C=C(C)CC(NN)c1ccc(OC)cc1. The predicted octanol–water partition coefficient (Wildman–Crippen LogP) is 2.17. The molecule has 0 spiro atoms. The summed E-state index contributed by atoms with van der Waals surface area (Å²) in [4.78, 5) is 0. The Labute approximate surface area is 90.9 Å². The van der Waals surface area contributed by atoms with Crippen LogP contribution >= 0.6 is 0 Å². The standard InChI is InChI=1S/C12H18N2O/c1-9(2)8-12(14-13)10-4-6-11(15-3)7-5-10/h4-7,12,14H,1,8,13H2,2-3H3. The van der Waals surface area contributed by atoms with Crippen LogP contribution in [0.3, 0.4) is 0 Å². The zero-order valence-electron chi connectivity index (χ0n) is 9.29. The summed E-state index contributed by atoms with van der Waals surface area (Å²) in [6.07, 6.45) is 0.836. The molecule has 0 saturated carbocycles. The van der Waals surface area contributed by atoms with Gasteiger partial charge in [0, 0.05) is 6.04 Å². The zero-order valence-corrected chi connectivity index (χ0v) is 9.29. The Balaban J connectivity index is 2.78. The minimum Gasteiger partial charge on any atom is -0.497 e. The van der Waals surface area contributed by atoms with Crippen LogP contribution in [-0.2, 0) is 0 Å². The van der Waals surface area contributed by atoms with Crippen molar-refractivity contribution in [1.82, 2.24) is 5.43 Å². The van der Waals surface area contributed by atoms with Crippen LogP contribution < -0.4 is 16.0 Å². The Bertz CT molecular complexity index is 319. The van der Waals surface area contributed by atoms with Crippen molar-refractivity contribution in [2.24, 2.45) is 5.84 Å². The maximum atomic E-state index is 5.50. The number of ether oxygens (including phenoxy) is 1. The molecule has 0 fully saturated rings. The monoisotopic (exact) mass is 206 g/mol. The van der Waals surface area contributed by atoms with E-state index >= 15 is 0 Å². The van der Waals surface area contributed by atoms with Crippen LogP contribution in [0.4, 0.5) is 0 Å². The highest BCUT2D eigenvalue weighted by Crippen LogP contribution is 2.21. The molecule has 1 aromatic rings. The molecule has 1 atom stereocenters. The molecule has 3 N–H and O–H groups in total. The minimum absolute atomic E-state index is 0.119. The van der Waals surface area contributed by atoms with E-state index in [-0.39, 0.29) is 6.04 Å². The van der Waals surface area contributed by atoms with Crippen molar-refractivity contribution in [3.05, 3.63) is 42.0 Å². The van der Waals surface area contributed by atoms with Gasteiger partial charge in [-0.05, 0) is 31.0 Å². The maximum Gasteiger partial charge on any atom is 0.118 e. The van der Waals surface area contributed by atoms with Gasteiger partial charge in [-0.2, -0.15) is 0 Å². The first kappa shape index (κ1) is 11.8.